The second kappa shape index (κ2) is 12.5. The number of hydrogen-bond acceptors (Lipinski definition) is 7. The number of ether oxygens (including phenoxy) is 2. The fourth-order valence-electron chi connectivity index (χ4n) is 4.13. The molecule has 36 heavy (non-hydrogen) atoms. The van der Waals surface area contributed by atoms with Gasteiger partial charge in [0.2, 0.25) is 10.0 Å². The fourth-order valence-corrected chi connectivity index (χ4v) is 5.75. The molecule has 0 saturated carbocycles. The summed E-state index contributed by atoms with van der Waals surface area (Å²) in [6.45, 7) is 4.59. The lowest BCUT2D eigenvalue weighted by Gasteiger charge is -2.35. The van der Waals surface area contributed by atoms with Gasteiger partial charge < -0.3 is 24.6 Å². The Kier molecular flexibility index (Phi) is 9.72. The number of sulfonamides is 1. The van der Waals surface area contributed by atoms with Crippen LogP contribution in [-0.4, -0.2) is 85.5 Å². The number of benzene rings is 2. The Morgan fingerprint density at radius 1 is 1.11 bits per heavy atom. The van der Waals surface area contributed by atoms with Gasteiger partial charge in [0.25, 0.3) is 0 Å². The summed E-state index contributed by atoms with van der Waals surface area (Å²) in [6, 6.07) is 13.9. The predicted octanol–water partition coefficient (Wildman–Crippen LogP) is 2.87. The monoisotopic (exact) mass is 520 g/mol. The molecule has 9 nitrogen and oxygen atoms in total. The highest BCUT2D eigenvalue weighted by Crippen LogP contribution is 2.22. The molecule has 1 heterocycles. The molecule has 2 N–H and O–H groups in total. The van der Waals surface area contributed by atoms with Gasteiger partial charge >= 0.3 is 6.09 Å². The van der Waals surface area contributed by atoms with Gasteiger partial charge in [-0.25, -0.2) is 13.2 Å². The van der Waals surface area contributed by atoms with Crippen LogP contribution in [0.25, 0.3) is 0 Å². The summed E-state index contributed by atoms with van der Waals surface area (Å²) in [4.78, 5) is 14.3. The second-order valence-corrected chi connectivity index (χ2v) is 11.5. The summed E-state index contributed by atoms with van der Waals surface area (Å²) in [5.41, 5.74) is 0.891. The van der Waals surface area contributed by atoms with Crippen LogP contribution in [0.1, 0.15) is 25.8 Å². The van der Waals surface area contributed by atoms with Crippen molar-refractivity contribution in [1.29, 1.82) is 0 Å². The molecule has 198 valence electrons. The Morgan fingerprint density at radius 2 is 1.78 bits per heavy atom. The first-order chi connectivity index (χ1) is 17.1. The van der Waals surface area contributed by atoms with Crippen LogP contribution in [0.4, 0.5) is 4.79 Å². The first kappa shape index (κ1) is 27.9. The number of nitrogens with zero attached hydrogens (tertiary/aromatic N) is 2. The zero-order valence-corrected chi connectivity index (χ0v) is 21.8. The number of aliphatic hydroxyl groups is 1. The molecule has 0 spiro atoms. The second-order valence-electron chi connectivity index (χ2n) is 9.51. The number of phenols is 1. The average Bonchev–Trinajstić information content (AvgIpc) is 3.35. The lowest BCUT2D eigenvalue weighted by molar-refractivity contribution is 0.0176. The number of hydrogen-bond donors (Lipinski definition) is 2. The number of phenolic OH excluding ortho intramolecular Hbond substituents is 1. The molecule has 2 aromatic carbocycles. The number of carbonyl (C=O) groups excluding carboxylic acids is 1. The molecule has 1 aliphatic heterocycles. The van der Waals surface area contributed by atoms with E-state index in [0.717, 1.165) is 5.56 Å². The first-order valence-corrected chi connectivity index (χ1v) is 13.5. The van der Waals surface area contributed by atoms with Gasteiger partial charge in [0.1, 0.15) is 11.9 Å². The summed E-state index contributed by atoms with van der Waals surface area (Å²) in [7, 11) is -2.42. The number of rotatable bonds is 11. The summed E-state index contributed by atoms with van der Waals surface area (Å²) < 4.78 is 39.0. The Morgan fingerprint density at radius 3 is 2.36 bits per heavy atom. The molecule has 1 fully saturated rings. The van der Waals surface area contributed by atoms with Gasteiger partial charge in [0, 0.05) is 26.6 Å². The highest BCUT2D eigenvalue weighted by Gasteiger charge is 2.35. The minimum Gasteiger partial charge on any atom is -0.508 e. The summed E-state index contributed by atoms with van der Waals surface area (Å²) in [6.07, 6.45) is -1.22. The largest absolute Gasteiger partial charge is 0.508 e. The van der Waals surface area contributed by atoms with Crippen molar-refractivity contribution >= 4 is 16.1 Å². The maximum atomic E-state index is 13.4. The van der Waals surface area contributed by atoms with Crippen molar-refractivity contribution in [3.05, 3.63) is 60.2 Å². The van der Waals surface area contributed by atoms with E-state index < -0.39 is 28.3 Å². The van der Waals surface area contributed by atoms with E-state index in [2.05, 4.69) is 0 Å². The van der Waals surface area contributed by atoms with Crippen LogP contribution in [-0.2, 0) is 25.9 Å². The van der Waals surface area contributed by atoms with E-state index in [-0.39, 0.29) is 35.8 Å². The highest BCUT2D eigenvalue weighted by molar-refractivity contribution is 7.89. The Labute approximate surface area is 213 Å². The number of likely N-dealkylation sites (N-methyl/N-ethyl adjacent to an activating group) is 1. The molecule has 0 bridgehead atoms. The van der Waals surface area contributed by atoms with E-state index in [1.807, 2.05) is 44.2 Å². The van der Waals surface area contributed by atoms with Crippen molar-refractivity contribution < 1.29 is 32.9 Å². The number of aliphatic hydroxyl groups excluding tert-OH is 1. The fraction of sp³-hybridized carbons (Fsp3) is 0.500. The third-order valence-corrected chi connectivity index (χ3v) is 7.95. The molecule has 3 atom stereocenters. The molecular formula is C26H36N2O7S. The summed E-state index contributed by atoms with van der Waals surface area (Å²) in [5, 5.41) is 20.9. The van der Waals surface area contributed by atoms with Gasteiger partial charge in [0.15, 0.2) is 0 Å². The van der Waals surface area contributed by atoms with Crippen LogP contribution in [0.3, 0.4) is 0 Å². The minimum atomic E-state index is -3.97. The standard InChI is InChI=1S/C26H36N2O7S/c1-19(2)16-28(36(32,33)23-11-9-21(29)10-12-23)17-25(30)24(15-20-7-5-4-6-8-20)27(3)26(31)35-22-13-14-34-18-22/h4-12,19,22,24-25,29-30H,13-18H2,1-3H3. The highest BCUT2D eigenvalue weighted by atomic mass is 32.2. The predicted molar refractivity (Wildman–Crippen MR) is 135 cm³/mol. The van der Waals surface area contributed by atoms with Gasteiger partial charge in [0.05, 0.1) is 30.3 Å². The van der Waals surface area contributed by atoms with Crippen LogP contribution >= 0.6 is 0 Å². The number of amides is 1. The zero-order valence-electron chi connectivity index (χ0n) is 21.0. The van der Waals surface area contributed by atoms with Gasteiger partial charge in [-0.3, -0.25) is 0 Å². The Balaban J connectivity index is 1.85. The maximum Gasteiger partial charge on any atom is 0.410 e. The van der Waals surface area contributed by atoms with Crippen LogP contribution < -0.4 is 0 Å². The van der Waals surface area contributed by atoms with E-state index in [9.17, 15) is 23.4 Å². The SMILES string of the molecule is CC(C)CN(CC(O)C(Cc1ccccc1)N(C)C(=O)OC1CCOC1)S(=O)(=O)c1ccc(O)cc1. The molecule has 2 aromatic rings. The van der Waals surface area contributed by atoms with Crippen molar-refractivity contribution in [1.82, 2.24) is 9.21 Å². The van der Waals surface area contributed by atoms with E-state index in [1.165, 1.54) is 33.5 Å². The average molecular weight is 521 g/mol. The van der Waals surface area contributed by atoms with Crippen molar-refractivity contribution in [2.45, 2.75) is 49.8 Å². The number of aromatic hydroxyl groups is 1. The minimum absolute atomic E-state index is 0.0123. The molecule has 1 amide bonds. The number of carbonyl (C=O) groups is 1. The Hall–Kier alpha value is -2.66. The molecule has 3 rings (SSSR count). The van der Waals surface area contributed by atoms with Crippen LogP contribution in [0, 0.1) is 5.92 Å². The van der Waals surface area contributed by atoms with Crippen molar-refractivity contribution in [2.75, 3.05) is 33.4 Å². The molecule has 3 unspecified atom stereocenters. The summed E-state index contributed by atoms with van der Waals surface area (Å²) in [5.74, 6) is -0.0538. The van der Waals surface area contributed by atoms with Crippen LogP contribution in [0.2, 0.25) is 0 Å². The van der Waals surface area contributed by atoms with E-state index >= 15 is 0 Å². The quantitative estimate of drug-likeness (QED) is 0.468. The molecular weight excluding hydrogens is 484 g/mol. The molecule has 0 radical (unpaired) electrons. The molecule has 10 heteroatoms. The third kappa shape index (κ3) is 7.42. The Bertz CT molecular complexity index is 1070. The normalized spacial score (nSPS) is 17.8. The van der Waals surface area contributed by atoms with Crippen molar-refractivity contribution in [3.63, 3.8) is 0 Å². The van der Waals surface area contributed by atoms with Crippen molar-refractivity contribution in [3.8, 4) is 5.75 Å². The smallest absolute Gasteiger partial charge is 0.410 e. The van der Waals surface area contributed by atoms with Gasteiger partial charge in [-0.2, -0.15) is 4.31 Å². The maximum absolute atomic E-state index is 13.4. The lowest BCUT2D eigenvalue weighted by Crippen LogP contribution is -2.52. The van der Waals surface area contributed by atoms with Crippen LogP contribution in [0.15, 0.2) is 59.5 Å². The lowest BCUT2D eigenvalue weighted by atomic mass is 10.00. The van der Waals surface area contributed by atoms with E-state index in [0.29, 0.717) is 26.1 Å². The molecule has 1 aliphatic rings. The zero-order chi connectivity index (χ0) is 26.3. The van der Waals surface area contributed by atoms with E-state index in [4.69, 9.17) is 9.47 Å². The topological polar surface area (TPSA) is 117 Å². The molecule has 1 saturated heterocycles. The first-order valence-electron chi connectivity index (χ1n) is 12.1. The molecule has 0 aliphatic carbocycles. The van der Waals surface area contributed by atoms with Gasteiger partial charge in [-0.05, 0) is 42.2 Å². The van der Waals surface area contributed by atoms with E-state index in [1.54, 1.807) is 7.05 Å². The van der Waals surface area contributed by atoms with Crippen LogP contribution in [0.5, 0.6) is 5.75 Å². The summed E-state index contributed by atoms with van der Waals surface area (Å²) >= 11 is 0. The van der Waals surface area contributed by atoms with Gasteiger partial charge in [-0.15, -0.1) is 0 Å². The third-order valence-electron chi connectivity index (χ3n) is 6.11. The van der Waals surface area contributed by atoms with Crippen molar-refractivity contribution in [2.24, 2.45) is 5.92 Å². The van der Waals surface area contributed by atoms with Gasteiger partial charge in [-0.1, -0.05) is 44.2 Å². The molecule has 0 aromatic heterocycles.